The van der Waals surface area contributed by atoms with Crippen molar-refractivity contribution in [3.8, 4) is 0 Å². The molecular formula is C18H23FN4O2S. The molecule has 0 spiro atoms. The van der Waals surface area contributed by atoms with Gasteiger partial charge in [-0.05, 0) is 37.5 Å². The van der Waals surface area contributed by atoms with E-state index in [2.05, 4.69) is 15.3 Å². The molecule has 2 aromatic rings. The van der Waals surface area contributed by atoms with Gasteiger partial charge in [0.15, 0.2) is 9.84 Å². The number of sulfone groups is 1. The average molecular weight is 378 g/mol. The smallest absolute Gasteiger partial charge is 0.227 e. The monoisotopic (exact) mass is 378 g/mol. The lowest BCUT2D eigenvalue weighted by Gasteiger charge is -2.24. The lowest BCUT2D eigenvalue weighted by molar-refractivity contribution is 0.600. The van der Waals surface area contributed by atoms with Gasteiger partial charge in [-0.1, -0.05) is 12.1 Å². The zero-order chi connectivity index (χ0) is 18.7. The molecule has 1 fully saturated rings. The molecule has 1 aromatic carbocycles. The quantitative estimate of drug-likeness (QED) is 0.831. The van der Waals surface area contributed by atoms with Gasteiger partial charge in [0, 0.05) is 31.4 Å². The summed E-state index contributed by atoms with van der Waals surface area (Å²) >= 11 is 0. The molecule has 0 amide bonds. The van der Waals surface area contributed by atoms with Crippen LogP contribution >= 0.6 is 0 Å². The van der Waals surface area contributed by atoms with Crippen LogP contribution in [-0.4, -0.2) is 49.5 Å². The van der Waals surface area contributed by atoms with Crippen LogP contribution in [-0.2, 0) is 16.3 Å². The average Bonchev–Trinajstić information content (AvgIpc) is 2.95. The molecular weight excluding hydrogens is 355 g/mol. The number of rotatable bonds is 6. The fourth-order valence-corrected chi connectivity index (χ4v) is 4.81. The van der Waals surface area contributed by atoms with Crippen molar-refractivity contribution in [3.63, 3.8) is 0 Å². The molecule has 0 radical (unpaired) electrons. The second-order valence-electron chi connectivity index (χ2n) is 6.67. The van der Waals surface area contributed by atoms with Gasteiger partial charge >= 0.3 is 0 Å². The zero-order valence-corrected chi connectivity index (χ0v) is 15.8. The number of halogens is 1. The number of nitrogens with zero attached hydrogens (tertiary/aromatic N) is 3. The fraction of sp³-hybridized carbons (Fsp3) is 0.444. The Morgan fingerprint density at radius 3 is 2.65 bits per heavy atom. The van der Waals surface area contributed by atoms with Crippen LogP contribution in [0.15, 0.2) is 30.3 Å². The van der Waals surface area contributed by atoms with E-state index < -0.39 is 9.84 Å². The summed E-state index contributed by atoms with van der Waals surface area (Å²) in [6.45, 7) is 2.54. The maximum atomic E-state index is 12.9. The summed E-state index contributed by atoms with van der Waals surface area (Å²) in [5.74, 6) is 1.35. The van der Waals surface area contributed by atoms with E-state index in [0.717, 1.165) is 17.7 Å². The van der Waals surface area contributed by atoms with Crippen molar-refractivity contribution in [2.75, 3.05) is 35.3 Å². The van der Waals surface area contributed by atoms with Gasteiger partial charge in [0.05, 0.1) is 11.5 Å². The van der Waals surface area contributed by atoms with E-state index in [9.17, 15) is 12.8 Å². The predicted octanol–water partition coefficient (Wildman–Crippen LogP) is 2.20. The maximum absolute atomic E-state index is 12.9. The zero-order valence-electron chi connectivity index (χ0n) is 14.9. The Morgan fingerprint density at radius 2 is 2.00 bits per heavy atom. The second-order valence-corrected chi connectivity index (χ2v) is 8.89. The molecule has 0 bridgehead atoms. The van der Waals surface area contributed by atoms with Crippen LogP contribution in [0, 0.1) is 12.7 Å². The van der Waals surface area contributed by atoms with Gasteiger partial charge in [-0.2, -0.15) is 4.98 Å². The number of nitrogens with one attached hydrogen (secondary N) is 1. The summed E-state index contributed by atoms with van der Waals surface area (Å²) < 4.78 is 36.3. The van der Waals surface area contributed by atoms with Crippen molar-refractivity contribution in [1.82, 2.24) is 9.97 Å². The summed E-state index contributed by atoms with van der Waals surface area (Å²) in [6.07, 6.45) is 1.35. The molecule has 6 nitrogen and oxygen atoms in total. The van der Waals surface area contributed by atoms with E-state index in [1.165, 1.54) is 12.1 Å². The highest BCUT2D eigenvalue weighted by atomic mass is 32.2. The Balaban J connectivity index is 1.64. The first-order valence-corrected chi connectivity index (χ1v) is 10.4. The van der Waals surface area contributed by atoms with Gasteiger partial charge in [0.2, 0.25) is 5.95 Å². The lowest BCUT2D eigenvalue weighted by atomic mass is 10.1. The molecule has 2 heterocycles. The minimum absolute atomic E-state index is 0.0890. The number of anilines is 2. The molecule has 26 heavy (non-hydrogen) atoms. The normalized spacial score (nSPS) is 18.7. The van der Waals surface area contributed by atoms with Crippen molar-refractivity contribution in [2.45, 2.75) is 25.8 Å². The predicted molar refractivity (Wildman–Crippen MR) is 101 cm³/mol. The summed E-state index contributed by atoms with van der Waals surface area (Å²) in [5, 5.41) is 3.26. The molecule has 1 aromatic heterocycles. The van der Waals surface area contributed by atoms with Crippen molar-refractivity contribution in [2.24, 2.45) is 0 Å². The SMILES string of the molecule is Cc1cc(NCCc2ccc(F)cc2)nc(N(C)C2CCS(=O)(=O)C2)n1. The van der Waals surface area contributed by atoms with Gasteiger partial charge in [-0.15, -0.1) is 0 Å². The van der Waals surface area contributed by atoms with Crippen molar-refractivity contribution in [1.29, 1.82) is 0 Å². The van der Waals surface area contributed by atoms with Gasteiger partial charge in [-0.3, -0.25) is 0 Å². The molecule has 0 saturated carbocycles. The highest BCUT2D eigenvalue weighted by Crippen LogP contribution is 2.21. The number of aryl methyl sites for hydroxylation is 1. The van der Waals surface area contributed by atoms with E-state index in [1.54, 1.807) is 12.1 Å². The summed E-state index contributed by atoms with van der Waals surface area (Å²) in [4.78, 5) is 10.8. The summed E-state index contributed by atoms with van der Waals surface area (Å²) in [5.41, 5.74) is 1.85. The summed E-state index contributed by atoms with van der Waals surface area (Å²) in [6, 6.07) is 8.20. The number of hydrogen-bond donors (Lipinski definition) is 1. The summed E-state index contributed by atoms with van der Waals surface area (Å²) in [7, 11) is -1.12. The molecule has 1 saturated heterocycles. The van der Waals surface area contributed by atoms with Crippen LogP contribution in [0.3, 0.4) is 0 Å². The van der Waals surface area contributed by atoms with Crippen molar-refractivity contribution >= 4 is 21.6 Å². The van der Waals surface area contributed by atoms with E-state index in [1.807, 2.05) is 24.9 Å². The topological polar surface area (TPSA) is 75.2 Å². The molecule has 1 atom stereocenters. The standard InChI is InChI=1S/C18H23FN4O2S/c1-13-11-17(20-9-7-14-3-5-15(19)6-4-14)22-18(21-13)23(2)16-8-10-26(24,25)12-16/h3-6,11,16H,7-10,12H2,1-2H3,(H,20,21,22). The fourth-order valence-electron chi connectivity index (χ4n) is 3.03. The van der Waals surface area contributed by atoms with Crippen LogP contribution in [0.5, 0.6) is 0 Å². The number of hydrogen-bond acceptors (Lipinski definition) is 6. The van der Waals surface area contributed by atoms with E-state index in [4.69, 9.17) is 0 Å². The van der Waals surface area contributed by atoms with Crippen LogP contribution in [0.2, 0.25) is 0 Å². The van der Waals surface area contributed by atoms with Gasteiger partial charge < -0.3 is 10.2 Å². The molecule has 140 valence electrons. The molecule has 0 aliphatic carbocycles. The number of benzene rings is 1. The Morgan fingerprint density at radius 1 is 1.27 bits per heavy atom. The third-order valence-electron chi connectivity index (χ3n) is 4.55. The third-order valence-corrected chi connectivity index (χ3v) is 6.30. The molecule has 1 unspecified atom stereocenters. The van der Waals surface area contributed by atoms with Crippen molar-refractivity contribution < 1.29 is 12.8 Å². The van der Waals surface area contributed by atoms with Crippen LogP contribution in [0.1, 0.15) is 17.7 Å². The highest BCUT2D eigenvalue weighted by Gasteiger charge is 2.31. The minimum Gasteiger partial charge on any atom is -0.370 e. The van der Waals surface area contributed by atoms with E-state index in [0.29, 0.717) is 24.7 Å². The van der Waals surface area contributed by atoms with Gasteiger partial charge in [0.25, 0.3) is 0 Å². The molecule has 1 aliphatic rings. The van der Waals surface area contributed by atoms with E-state index in [-0.39, 0.29) is 23.4 Å². The molecule has 8 heteroatoms. The molecule has 1 aliphatic heterocycles. The van der Waals surface area contributed by atoms with Crippen LogP contribution in [0.25, 0.3) is 0 Å². The van der Waals surface area contributed by atoms with Gasteiger partial charge in [-0.25, -0.2) is 17.8 Å². The second kappa shape index (κ2) is 7.57. The van der Waals surface area contributed by atoms with Crippen LogP contribution in [0.4, 0.5) is 16.2 Å². The first-order valence-electron chi connectivity index (χ1n) is 8.60. The molecule has 1 N–H and O–H groups in total. The first-order chi connectivity index (χ1) is 12.3. The van der Waals surface area contributed by atoms with Gasteiger partial charge in [0.1, 0.15) is 11.6 Å². The Kier molecular flexibility index (Phi) is 5.41. The largest absolute Gasteiger partial charge is 0.370 e. The Labute approximate surface area is 153 Å². The minimum atomic E-state index is -2.96. The first kappa shape index (κ1) is 18.6. The highest BCUT2D eigenvalue weighted by molar-refractivity contribution is 7.91. The van der Waals surface area contributed by atoms with Crippen LogP contribution < -0.4 is 10.2 Å². The van der Waals surface area contributed by atoms with Crippen molar-refractivity contribution in [3.05, 3.63) is 47.4 Å². The maximum Gasteiger partial charge on any atom is 0.227 e. The lowest BCUT2D eigenvalue weighted by Crippen LogP contribution is -2.34. The molecule has 3 rings (SSSR count). The third kappa shape index (κ3) is 4.69. The Hall–Kier alpha value is -2.22. The number of aromatic nitrogens is 2. The Bertz CT molecular complexity index is 871. The van der Waals surface area contributed by atoms with E-state index >= 15 is 0 Å².